The Kier molecular flexibility index (Phi) is 13.4. The van der Waals surface area contributed by atoms with Crippen LogP contribution in [0.1, 0.15) is 120 Å². The molecule has 0 aliphatic heterocycles. The number of hydrogen-bond donors (Lipinski definition) is 0. The monoisotopic (exact) mass is 518 g/mol. The summed E-state index contributed by atoms with van der Waals surface area (Å²) in [5.41, 5.74) is 0. The predicted octanol–water partition coefficient (Wildman–Crippen LogP) is 10.0. The van der Waals surface area contributed by atoms with E-state index in [1.54, 1.807) is 0 Å². The highest BCUT2D eigenvalue weighted by atomic mass is 127. The van der Waals surface area contributed by atoms with Gasteiger partial charge >= 0.3 is 0 Å². The van der Waals surface area contributed by atoms with E-state index in [2.05, 4.69) is 84.9 Å². The highest BCUT2D eigenvalue weighted by molar-refractivity contribution is 14.1. The maximum Gasteiger partial charge on any atom is 0.0143 e. The molecule has 0 radical (unpaired) electrons. The molecule has 0 heterocycles. The first-order valence-electron chi connectivity index (χ1n) is 13.3. The lowest BCUT2D eigenvalue weighted by Gasteiger charge is -2.33. The van der Waals surface area contributed by atoms with Crippen molar-refractivity contribution in [1.29, 1.82) is 0 Å². The van der Waals surface area contributed by atoms with Crippen LogP contribution < -0.4 is 0 Å². The van der Waals surface area contributed by atoms with Gasteiger partial charge in [0, 0.05) is 3.92 Å². The third-order valence-corrected chi connectivity index (χ3v) is 10.1. The molecule has 0 aromatic heterocycles. The summed E-state index contributed by atoms with van der Waals surface area (Å²) in [5, 5.41) is 0. The fourth-order valence-electron chi connectivity index (χ4n) is 6.50. The third kappa shape index (κ3) is 9.01. The second-order valence-electron chi connectivity index (χ2n) is 11.5. The minimum absolute atomic E-state index is 0.852. The molecular formula is C28H55I. The van der Waals surface area contributed by atoms with Gasteiger partial charge in [-0.1, -0.05) is 117 Å². The van der Waals surface area contributed by atoms with Crippen LogP contribution >= 0.6 is 22.6 Å². The first-order chi connectivity index (χ1) is 13.6. The second-order valence-corrected chi connectivity index (χ2v) is 13.1. The van der Waals surface area contributed by atoms with Crippen molar-refractivity contribution in [2.24, 2.45) is 53.3 Å². The average Bonchev–Trinajstić information content (AvgIpc) is 2.92. The van der Waals surface area contributed by atoms with E-state index in [4.69, 9.17) is 0 Å². The topological polar surface area (TPSA) is 0 Å². The SMILES string of the molecule is CCC(C[C@@H](C)CC)C(CC)C(C)CC[C@@H](C)C[C@@H]1C[C@H](I)C(CC(C)C)[C@@H]1C. The predicted molar refractivity (Wildman–Crippen MR) is 142 cm³/mol. The van der Waals surface area contributed by atoms with E-state index in [1.807, 2.05) is 0 Å². The van der Waals surface area contributed by atoms with Gasteiger partial charge in [0.05, 0.1) is 0 Å². The van der Waals surface area contributed by atoms with Crippen molar-refractivity contribution in [2.75, 3.05) is 0 Å². The molecule has 4 unspecified atom stereocenters. The Morgan fingerprint density at radius 2 is 1.48 bits per heavy atom. The number of halogens is 1. The van der Waals surface area contributed by atoms with Gasteiger partial charge in [0.15, 0.2) is 0 Å². The minimum atomic E-state index is 0.852. The maximum absolute atomic E-state index is 2.77. The lowest BCUT2D eigenvalue weighted by atomic mass is 9.73. The Morgan fingerprint density at radius 3 is 2.00 bits per heavy atom. The summed E-state index contributed by atoms with van der Waals surface area (Å²) in [6.45, 7) is 22.2. The molecule has 1 saturated carbocycles. The largest absolute Gasteiger partial charge is 0.0823 e. The van der Waals surface area contributed by atoms with Crippen LogP contribution in [0.3, 0.4) is 0 Å². The standard InChI is InChI=1S/C28H55I/c1-10-20(6)16-24(11-2)26(12-3)22(8)14-13-21(7)17-25-18-28(29)27(23(25)9)15-19(4)5/h19-28H,10-18H2,1-9H3/t20-,21+,22?,23+,24?,25+,26?,27?,28-/m0/s1. The van der Waals surface area contributed by atoms with Crippen LogP contribution in [-0.4, -0.2) is 3.92 Å². The molecular weight excluding hydrogens is 463 g/mol. The minimum Gasteiger partial charge on any atom is -0.0823 e. The van der Waals surface area contributed by atoms with Gasteiger partial charge in [-0.15, -0.1) is 0 Å². The van der Waals surface area contributed by atoms with Crippen molar-refractivity contribution in [2.45, 2.75) is 124 Å². The van der Waals surface area contributed by atoms with Gasteiger partial charge < -0.3 is 0 Å². The number of alkyl halides is 1. The van der Waals surface area contributed by atoms with Crippen LogP contribution in [0.4, 0.5) is 0 Å². The molecule has 1 aliphatic rings. The molecule has 0 aromatic carbocycles. The van der Waals surface area contributed by atoms with E-state index in [-0.39, 0.29) is 0 Å². The summed E-state index contributed by atoms with van der Waals surface area (Å²) in [7, 11) is 0. The van der Waals surface area contributed by atoms with E-state index in [0.717, 1.165) is 57.2 Å². The molecule has 0 N–H and O–H groups in total. The van der Waals surface area contributed by atoms with Crippen LogP contribution in [0.25, 0.3) is 0 Å². The smallest absolute Gasteiger partial charge is 0.0143 e. The summed E-state index contributed by atoms with van der Waals surface area (Å²) >= 11 is 2.77. The Bertz CT molecular complexity index is 417. The van der Waals surface area contributed by atoms with Gasteiger partial charge in [-0.2, -0.15) is 0 Å². The van der Waals surface area contributed by atoms with Crippen LogP contribution in [0.2, 0.25) is 0 Å². The first kappa shape index (κ1) is 27.8. The molecule has 0 nitrogen and oxygen atoms in total. The van der Waals surface area contributed by atoms with Crippen LogP contribution in [0, 0.1) is 53.3 Å². The Morgan fingerprint density at radius 1 is 0.828 bits per heavy atom. The Labute approximate surface area is 199 Å². The van der Waals surface area contributed by atoms with Crippen molar-refractivity contribution in [3.05, 3.63) is 0 Å². The van der Waals surface area contributed by atoms with Crippen LogP contribution in [-0.2, 0) is 0 Å². The van der Waals surface area contributed by atoms with Crippen molar-refractivity contribution in [1.82, 2.24) is 0 Å². The van der Waals surface area contributed by atoms with E-state index in [9.17, 15) is 0 Å². The summed E-state index contributed by atoms with van der Waals surface area (Å²) in [4.78, 5) is 0. The zero-order chi connectivity index (χ0) is 22.1. The summed E-state index contributed by atoms with van der Waals surface area (Å²) in [6, 6.07) is 0. The fourth-order valence-corrected chi connectivity index (χ4v) is 8.10. The zero-order valence-corrected chi connectivity index (χ0v) is 23.7. The van der Waals surface area contributed by atoms with Gasteiger partial charge in [0.25, 0.3) is 0 Å². The first-order valence-corrected chi connectivity index (χ1v) is 14.5. The molecule has 0 bridgehead atoms. The van der Waals surface area contributed by atoms with E-state index in [1.165, 1.54) is 57.8 Å². The molecule has 1 fully saturated rings. The molecule has 1 aliphatic carbocycles. The van der Waals surface area contributed by atoms with Gasteiger partial charge in [-0.3, -0.25) is 0 Å². The van der Waals surface area contributed by atoms with E-state index < -0.39 is 0 Å². The molecule has 0 aromatic rings. The summed E-state index contributed by atoms with van der Waals surface area (Å²) < 4.78 is 0.913. The van der Waals surface area contributed by atoms with Crippen molar-refractivity contribution in [3.63, 3.8) is 0 Å². The lowest BCUT2D eigenvalue weighted by molar-refractivity contribution is 0.173. The Hall–Kier alpha value is 0.730. The van der Waals surface area contributed by atoms with Gasteiger partial charge in [0.1, 0.15) is 0 Å². The third-order valence-electron chi connectivity index (χ3n) is 8.71. The van der Waals surface area contributed by atoms with Crippen molar-refractivity contribution in [3.8, 4) is 0 Å². The molecule has 9 atom stereocenters. The van der Waals surface area contributed by atoms with Gasteiger partial charge in [-0.05, 0) is 78.9 Å². The molecule has 0 saturated heterocycles. The molecule has 1 rings (SSSR count). The van der Waals surface area contributed by atoms with E-state index in [0.29, 0.717) is 0 Å². The highest BCUT2D eigenvalue weighted by Gasteiger charge is 2.39. The summed E-state index contributed by atoms with van der Waals surface area (Å²) in [6.07, 6.45) is 12.8. The van der Waals surface area contributed by atoms with Gasteiger partial charge in [0.2, 0.25) is 0 Å². The maximum atomic E-state index is 2.77. The van der Waals surface area contributed by atoms with Gasteiger partial charge in [-0.25, -0.2) is 0 Å². The quantitative estimate of drug-likeness (QED) is 0.159. The fraction of sp³-hybridized carbons (Fsp3) is 1.00. The molecule has 0 amide bonds. The average molecular weight is 519 g/mol. The van der Waals surface area contributed by atoms with E-state index >= 15 is 0 Å². The molecule has 0 spiro atoms. The molecule has 29 heavy (non-hydrogen) atoms. The molecule has 1 heteroatoms. The molecule has 174 valence electrons. The van der Waals surface area contributed by atoms with Crippen molar-refractivity contribution < 1.29 is 0 Å². The normalized spacial score (nSPS) is 30.3. The van der Waals surface area contributed by atoms with Crippen LogP contribution in [0.5, 0.6) is 0 Å². The van der Waals surface area contributed by atoms with Crippen LogP contribution in [0.15, 0.2) is 0 Å². The second kappa shape index (κ2) is 14.0. The lowest BCUT2D eigenvalue weighted by Crippen LogP contribution is -2.23. The highest BCUT2D eigenvalue weighted by Crippen LogP contribution is 2.47. The number of hydrogen-bond acceptors (Lipinski definition) is 0. The van der Waals surface area contributed by atoms with Crippen molar-refractivity contribution >= 4 is 22.6 Å². The summed E-state index contributed by atoms with van der Waals surface area (Å²) in [5.74, 6) is 8.27. The Balaban J connectivity index is 2.52. The zero-order valence-electron chi connectivity index (χ0n) is 21.5. The number of rotatable bonds is 14.